The van der Waals surface area contributed by atoms with Gasteiger partial charge < -0.3 is 10.1 Å². The van der Waals surface area contributed by atoms with Crippen molar-refractivity contribution in [3.05, 3.63) is 42.2 Å². The van der Waals surface area contributed by atoms with Crippen LogP contribution in [-0.4, -0.2) is 24.2 Å². The lowest BCUT2D eigenvalue weighted by molar-refractivity contribution is 0.0168. The second-order valence-corrected chi connectivity index (χ2v) is 5.14. The van der Waals surface area contributed by atoms with Crippen molar-refractivity contribution in [3.8, 4) is 0 Å². The van der Waals surface area contributed by atoms with E-state index in [-0.39, 0.29) is 0 Å². The molecule has 19 heavy (non-hydrogen) atoms. The molecule has 1 aromatic carbocycles. The molecule has 0 saturated carbocycles. The van der Waals surface area contributed by atoms with Crippen LogP contribution in [0.15, 0.2) is 36.7 Å². The molecule has 0 radical (unpaired) electrons. The molecular weight excluding hydrogens is 236 g/mol. The van der Waals surface area contributed by atoms with Gasteiger partial charge in [-0.2, -0.15) is 0 Å². The highest BCUT2D eigenvalue weighted by atomic mass is 16.5. The Balaban J connectivity index is 1.62. The molecule has 1 aliphatic rings. The summed E-state index contributed by atoms with van der Waals surface area (Å²) in [4.78, 5) is 4.31. The van der Waals surface area contributed by atoms with Crippen molar-refractivity contribution in [1.29, 1.82) is 0 Å². The van der Waals surface area contributed by atoms with Crippen molar-refractivity contribution >= 4 is 10.8 Å². The van der Waals surface area contributed by atoms with Gasteiger partial charge in [-0.3, -0.25) is 4.98 Å². The Hall–Kier alpha value is -1.45. The van der Waals surface area contributed by atoms with Crippen LogP contribution in [0, 0.1) is 0 Å². The summed E-state index contributed by atoms with van der Waals surface area (Å²) in [5.74, 6) is 0. The molecule has 1 fully saturated rings. The van der Waals surface area contributed by atoms with Crippen molar-refractivity contribution in [2.45, 2.75) is 31.9 Å². The van der Waals surface area contributed by atoms with Gasteiger partial charge in [0, 0.05) is 37.5 Å². The highest BCUT2D eigenvalue weighted by molar-refractivity contribution is 5.84. The summed E-state index contributed by atoms with van der Waals surface area (Å²) < 4.78 is 5.73. The van der Waals surface area contributed by atoms with Crippen molar-refractivity contribution in [3.63, 3.8) is 0 Å². The Morgan fingerprint density at radius 1 is 1.21 bits per heavy atom. The van der Waals surface area contributed by atoms with E-state index in [2.05, 4.69) is 34.6 Å². The van der Waals surface area contributed by atoms with E-state index in [9.17, 15) is 0 Å². The van der Waals surface area contributed by atoms with E-state index in [0.29, 0.717) is 6.10 Å². The Bertz CT molecular complexity index is 530. The first-order valence-electron chi connectivity index (χ1n) is 7.07. The predicted molar refractivity (Wildman–Crippen MR) is 77.0 cm³/mol. The first-order valence-corrected chi connectivity index (χ1v) is 7.07. The van der Waals surface area contributed by atoms with E-state index >= 15 is 0 Å². The highest BCUT2D eigenvalue weighted by Crippen LogP contribution is 2.17. The topological polar surface area (TPSA) is 34.1 Å². The van der Waals surface area contributed by atoms with Crippen molar-refractivity contribution < 1.29 is 4.74 Å². The maximum atomic E-state index is 5.73. The first-order chi connectivity index (χ1) is 9.43. The number of ether oxygens (including phenoxy) is 1. The van der Waals surface area contributed by atoms with Gasteiger partial charge in [0.2, 0.25) is 0 Å². The molecule has 2 heterocycles. The SMILES string of the molecule is c1ccc2c(CNCC3CCCCO3)cncc2c1. The maximum Gasteiger partial charge on any atom is 0.0699 e. The van der Waals surface area contributed by atoms with E-state index in [1.165, 1.54) is 35.6 Å². The van der Waals surface area contributed by atoms with E-state index < -0.39 is 0 Å². The molecule has 3 heteroatoms. The summed E-state index contributed by atoms with van der Waals surface area (Å²) in [6.45, 7) is 2.71. The van der Waals surface area contributed by atoms with Crippen LogP contribution in [-0.2, 0) is 11.3 Å². The molecule has 1 saturated heterocycles. The average molecular weight is 256 g/mol. The van der Waals surface area contributed by atoms with Gasteiger partial charge in [0.15, 0.2) is 0 Å². The molecule has 1 N–H and O–H groups in total. The number of fused-ring (bicyclic) bond motifs is 1. The number of benzene rings is 1. The summed E-state index contributed by atoms with van der Waals surface area (Å²) in [6.07, 6.45) is 7.95. The molecule has 3 nitrogen and oxygen atoms in total. The van der Waals surface area contributed by atoms with Crippen LogP contribution in [0.3, 0.4) is 0 Å². The summed E-state index contributed by atoms with van der Waals surface area (Å²) in [5, 5.41) is 5.99. The normalized spacial score (nSPS) is 19.7. The van der Waals surface area contributed by atoms with E-state index in [4.69, 9.17) is 4.74 Å². The van der Waals surface area contributed by atoms with Gasteiger partial charge in [-0.1, -0.05) is 24.3 Å². The Morgan fingerprint density at radius 2 is 2.16 bits per heavy atom. The Labute approximate surface area is 114 Å². The minimum atomic E-state index is 0.386. The van der Waals surface area contributed by atoms with Crippen LogP contribution in [0.4, 0.5) is 0 Å². The Kier molecular flexibility index (Phi) is 4.06. The summed E-state index contributed by atoms with van der Waals surface area (Å²) in [5.41, 5.74) is 1.26. The minimum absolute atomic E-state index is 0.386. The average Bonchev–Trinajstić information content (AvgIpc) is 2.49. The molecule has 0 bridgehead atoms. The van der Waals surface area contributed by atoms with Crippen molar-refractivity contribution in [2.75, 3.05) is 13.2 Å². The third-order valence-electron chi connectivity index (χ3n) is 3.71. The fraction of sp³-hybridized carbons (Fsp3) is 0.438. The zero-order chi connectivity index (χ0) is 12.9. The standard InChI is InChI=1S/C16H20N2O/c1-2-7-16-13(5-1)9-17-10-14(16)11-18-12-15-6-3-4-8-19-15/h1-2,5,7,9-10,15,18H,3-4,6,8,11-12H2. The van der Waals surface area contributed by atoms with Crippen LogP contribution in [0.2, 0.25) is 0 Å². The highest BCUT2D eigenvalue weighted by Gasteiger charge is 2.13. The Morgan fingerprint density at radius 3 is 3.05 bits per heavy atom. The zero-order valence-corrected chi connectivity index (χ0v) is 11.1. The van der Waals surface area contributed by atoms with Gasteiger partial charge in [-0.05, 0) is 30.2 Å². The minimum Gasteiger partial charge on any atom is -0.377 e. The monoisotopic (exact) mass is 256 g/mol. The van der Waals surface area contributed by atoms with E-state index in [0.717, 1.165) is 19.7 Å². The summed E-state index contributed by atoms with van der Waals surface area (Å²) in [7, 11) is 0. The molecule has 1 unspecified atom stereocenters. The van der Waals surface area contributed by atoms with Crippen LogP contribution < -0.4 is 5.32 Å². The maximum absolute atomic E-state index is 5.73. The lowest BCUT2D eigenvalue weighted by Gasteiger charge is -2.22. The molecule has 0 amide bonds. The number of pyridine rings is 1. The number of nitrogens with one attached hydrogen (secondary N) is 1. The van der Waals surface area contributed by atoms with Gasteiger partial charge in [0.25, 0.3) is 0 Å². The fourth-order valence-corrected chi connectivity index (χ4v) is 2.66. The van der Waals surface area contributed by atoms with Crippen LogP contribution in [0.1, 0.15) is 24.8 Å². The van der Waals surface area contributed by atoms with E-state index in [1.807, 2.05) is 12.4 Å². The van der Waals surface area contributed by atoms with Gasteiger partial charge in [0.05, 0.1) is 6.10 Å². The fourth-order valence-electron chi connectivity index (χ4n) is 2.66. The molecule has 1 atom stereocenters. The number of nitrogens with zero attached hydrogens (tertiary/aromatic N) is 1. The summed E-state index contributed by atoms with van der Waals surface area (Å²) >= 11 is 0. The molecule has 0 spiro atoms. The smallest absolute Gasteiger partial charge is 0.0699 e. The third-order valence-corrected chi connectivity index (χ3v) is 3.71. The number of hydrogen-bond acceptors (Lipinski definition) is 3. The molecule has 3 rings (SSSR count). The zero-order valence-electron chi connectivity index (χ0n) is 11.1. The van der Waals surface area contributed by atoms with Gasteiger partial charge in [0.1, 0.15) is 0 Å². The van der Waals surface area contributed by atoms with Crippen molar-refractivity contribution in [2.24, 2.45) is 0 Å². The molecule has 1 aromatic heterocycles. The molecule has 2 aromatic rings. The van der Waals surface area contributed by atoms with Gasteiger partial charge in [-0.15, -0.1) is 0 Å². The number of rotatable bonds is 4. The molecule has 100 valence electrons. The quantitative estimate of drug-likeness (QED) is 0.913. The predicted octanol–water partition coefficient (Wildman–Crippen LogP) is 2.89. The molecule has 0 aliphatic carbocycles. The van der Waals surface area contributed by atoms with Gasteiger partial charge in [-0.25, -0.2) is 0 Å². The first kappa shape index (κ1) is 12.6. The van der Waals surface area contributed by atoms with Crippen LogP contribution >= 0.6 is 0 Å². The third kappa shape index (κ3) is 3.11. The van der Waals surface area contributed by atoms with E-state index in [1.54, 1.807) is 0 Å². The number of aromatic nitrogens is 1. The van der Waals surface area contributed by atoms with Crippen LogP contribution in [0.25, 0.3) is 10.8 Å². The lowest BCUT2D eigenvalue weighted by atomic mass is 10.1. The molecule has 1 aliphatic heterocycles. The molecular formula is C16H20N2O. The number of hydrogen-bond donors (Lipinski definition) is 1. The lowest BCUT2D eigenvalue weighted by Crippen LogP contribution is -2.31. The second kappa shape index (κ2) is 6.13. The largest absolute Gasteiger partial charge is 0.377 e. The van der Waals surface area contributed by atoms with Crippen LogP contribution in [0.5, 0.6) is 0 Å². The van der Waals surface area contributed by atoms with Crippen molar-refractivity contribution in [1.82, 2.24) is 10.3 Å². The van der Waals surface area contributed by atoms with Gasteiger partial charge >= 0.3 is 0 Å². The summed E-state index contributed by atoms with van der Waals surface area (Å²) in [6, 6.07) is 8.40. The second-order valence-electron chi connectivity index (χ2n) is 5.14.